The first-order chi connectivity index (χ1) is 8.47. The fourth-order valence-electron chi connectivity index (χ4n) is 1.53. The topological polar surface area (TPSA) is 42.0 Å². The lowest BCUT2D eigenvalue weighted by molar-refractivity contribution is 0.102. The Labute approximate surface area is 109 Å². The summed E-state index contributed by atoms with van der Waals surface area (Å²) in [5.74, 6) is -0.752. The van der Waals surface area contributed by atoms with Crippen molar-refractivity contribution in [1.29, 1.82) is 0 Å². The first-order valence-electron chi connectivity index (χ1n) is 5.49. The highest BCUT2D eigenvalue weighted by atomic mass is 32.1. The highest BCUT2D eigenvalue weighted by molar-refractivity contribution is 7.15. The van der Waals surface area contributed by atoms with Crippen molar-refractivity contribution in [3.63, 3.8) is 0 Å². The zero-order chi connectivity index (χ0) is 13.3. The van der Waals surface area contributed by atoms with Gasteiger partial charge in [0.05, 0.1) is 5.69 Å². The number of thiazole rings is 1. The van der Waals surface area contributed by atoms with E-state index in [0.717, 1.165) is 16.1 Å². The molecule has 0 atom stereocenters. The number of aryl methyl sites for hydroxylation is 3. The van der Waals surface area contributed by atoms with E-state index in [9.17, 15) is 9.18 Å². The van der Waals surface area contributed by atoms with Crippen LogP contribution in [-0.4, -0.2) is 10.9 Å². The van der Waals surface area contributed by atoms with Crippen molar-refractivity contribution in [2.24, 2.45) is 0 Å². The molecule has 2 aromatic rings. The predicted molar refractivity (Wildman–Crippen MR) is 70.7 cm³/mol. The molecule has 1 heterocycles. The Morgan fingerprint density at radius 1 is 1.33 bits per heavy atom. The van der Waals surface area contributed by atoms with Gasteiger partial charge in [0.1, 0.15) is 5.82 Å². The Hall–Kier alpha value is -1.75. The van der Waals surface area contributed by atoms with E-state index in [0.29, 0.717) is 10.7 Å². The molecule has 0 fully saturated rings. The van der Waals surface area contributed by atoms with Gasteiger partial charge in [-0.15, -0.1) is 11.3 Å². The fraction of sp³-hybridized carbons (Fsp3) is 0.231. The lowest BCUT2D eigenvalue weighted by Gasteiger charge is -2.05. The van der Waals surface area contributed by atoms with E-state index in [1.807, 2.05) is 13.8 Å². The summed E-state index contributed by atoms with van der Waals surface area (Å²) >= 11 is 1.41. The van der Waals surface area contributed by atoms with Crippen LogP contribution in [0.4, 0.5) is 9.52 Å². The Balaban J connectivity index is 2.24. The lowest BCUT2D eigenvalue weighted by atomic mass is 10.1. The van der Waals surface area contributed by atoms with Crippen molar-refractivity contribution in [1.82, 2.24) is 4.98 Å². The van der Waals surface area contributed by atoms with Crippen molar-refractivity contribution in [3.8, 4) is 0 Å². The smallest absolute Gasteiger partial charge is 0.257 e. The molecule has 3 nitrogen and oxygen atoms in total. The maximum atomic E-state index is 13.1. The van der Waals surface area contributed by atoms with Gasteiger partial charge in [0.2, 0.25) is 0 Å². The van der Waals surface area contributed by atoms with Gasteiger partial charge in [0, 0.05) is 10.4 Å². The van der Waals surface area contributed by atoms with E-state index >= 15 is 0 Å². The van der Waals surface area contributed by atoms with Crippen LogP contribution in [0.3, 0.4) is 0 Å². The molecule has 0 aliphatic rings. The molecule has 0 spiro atoms. The maximum Gasteiger partial charge on any atom is 0.257 e. The van der Waals surface area contributed by atoms with Gasteiger partial charge in [-0.3, -0.25) is 10.1 Å². The molecule has 0 aliphatic carbocycles. The van der Waals surface area contributed by atoms with E-state index in [2.05, 4.69) is 10.3 Å². The second kappa shape index (κ2) is 4.86. The van der Waals surface area contributed by atoms with E-state index < -0.39 is 5.82 Å². The van der Waals surface area contributed by atoms with Crippen LogP contribution < -0.4 is 5.32 Å². The van der Waals surface area contributed by atoms with Crippen molar-refractivity contribution >= 4 is 22.4 Å². The number of carbonyl (C=O) groups excluding carboxylic acids is 1. The van der Waals surface area contributed by atoms with Crippen LogP contribution in [0.25, 0.3) is 0 Å². The SMILES string of the molecule is Cc1ccc(F)cc1C(=O)Nc1nc(C)c(C)s1. The summed E-state index contributed by atoms with van der Waals surface area (Å²) in [4.78, 5) is 17.3. The zero-order valence-corrected chi connectivity index (χ0v) is 11.2. The zero-order valence-electron chi connectivity index (χ0n) is 10.4. The first-order valence-corrected chi connectivity index (χ1v) is 6.30. The van der Waals surface area contributed by atoms with E-state index in [4.69, 9.17) is 0 Å². The van der Waals surface area contributed by atoms with Gasteiger partial charge in [-0.25, -0.2) is 9.37 Å². The Morgan fingerprint density at radius 3 is 2.67 bits per heavy atom. The van der Waals surface area contributed by atoms with Crippen LogP contribution >= 0.6 is 11.3 Å². The molecule has 18 heavy (non-hydrogen) atoms. The second-order valence-corrected chi connectivity index (χ2v) is 5.28. The molecule has 0 unspecified atom stereocenters. The van der Waals surface area contributed by atoms with Crippen molar-refractivity contribution in [2.75, 3.05) is 5.32 Å². The molecule has 0 radical (unpaired) electrons. The Bertz CT molecular complexity index is 588. The van der Waals surface area contributed by atoms with Crippen molar-refractivity contribution in [2.45, 2.75) is 20.8 Å². The second-order valence-electron chi connectivity index (χ2n) is 4.07. The summed E-state index contributed by atoms with van der Waals surface area (Å²) in [5, 5.41) is 3.23. The lowest BCUT2D eigenvalue weighted by Crippen LogP contribution is -2.13. The number of carbonyl (C=O) groups is 1. The molecule has 2 rings (SSSR count). The number of halogens is 1. The average Bonchev–Trinajstić information content (AvgIpc) is 2.61. The van der Waals surface area contributed by atoms with Crippen LogP contribution in [0.5, 0.6) is 0 Å². The standard InChI is InChI=1S/C13H13FN2OS/c1-7-4-5-10(14)6-11(7)12(17)16-13-15-8(2)9(3)18-13/h4-6H,1-3H3,(H,15,16,17). The monoisotopic (exact) mass is 264 g/mol. The highest BCUT2D eigenvalue weighted by Gasteiger charge is 2.12. The van der Waals surface area contributed by atoms with Crippen LogP contribution in [0.1, 0.15) is 26.5 Å². The quantitative estimate of drug-likeness (QED) is 0.902. The van der Waals surface area contributed by atoms with Gasteiger partial charge >= 0.3 is 0 Å². The van der Waals surface area contributed by atoms with Crippen molar-refractivity contribution in [3.05, 3.63) is 45.7 Å². The normalized spacial score (nSPS) is 10.4. The predicted octanol–water partition coefficient (Wildman–Crippen LogP) is 3.46. The number of hydrogen-bond donors (Lipinski definition) is 1. The van der Waals surface area contributed by atoms with Crippen LogP contribution in [0, 0.1) is 26.6 Å². The Morgan fingerprint density at radius 2 is 2.06 bits per heavy atom. The molecule has 0 saturated heterocycles. The van der Waals surface area contributed by atoms with E-state index in [1.165, 1.54) is 23.5 Å². The summed E-state index contributed by atoms with van der Waals surface area (Å²) in [7, 11) is 0. The number of anilines is 1. The molecule has 0 saturated carbocycles. The molecule has 1 aromatic carbocycles. The molecule has 0 bridgehead atoms. The third-order valence-electron chi connectivity index (χ3n) is 2.69. The number of aromatic nitrogens is 1. The number of amides is 1. The minimum Gasteiger partial charge on any atom is -0.298 e. The minimum atomic E-state index is -0.419. The summed E-state index contributed by atoms with van der Waals surface area (Å²) in [6.45, 7) is 5.59. The molecule has 1 amide bonds. The van der Waals surface area contributed by atoms with E-state index in [-0.39, 0.29) is 5.91 Å². The van der Waals surface area contributed by atoms with Crippen molar-refractivity contribution < 1.29 is 9.18 Å². The summed E-state index contributed by atoms with van der Waals surface area (Å²) in [5.41, 5.74) is 1.96. The number of hydrogen-bond acceptors (Lipinski definition) is 3. The number of benzene rings is 1. The number of nitrogens with zero attached hydrogens (tertiary/aromatic N) is 1. The summed E-state index contributed by atoms with van der Waals surface area (Å²) in [6, 6.07) is 4.16. The Kier molecular flexibility index (Phi) is 3.43. The minimum absolute atomic E-state index is 0.333. The third kappa shape index (κ3) is 2.56. The van der Waals surface area contributed by atoms with Gasteiger partial charge in [-0.1, -0.05) is 6.07 Å². The maximum absolute atomic E-state index is 13.1. The van der Waals surface area contributed by atoms with Crippen LogP contribution in [0.2, 0.25) is 0 Å². The number of rotatable bonds is 2. The van der Waals surface area contributed by atoms with Gasteiger partial charge < -0.3 is 0 Å². The molecule has 94 valence electrons. The largest absolute Gasteiger partial charge is 0.298 e. The van der Waals surface area contributed by atoms with Crippen LogP contribution in [-0.2, 0) is 0 Å². The molecular weight excluding hydrogens is 251 g/mol. The average molecular weight is 264 g/mol. The van der Waals surface area contributed by atoms with Gasteiger partial charge in [0.25, 0.3) is 5.91 Å². The molecule has 1 N–H and O–H groups in total. The number of nitrogens with one attached hydrogen (secondary N) is 1. The fourth-order valence-corrected chi connectivity index (χ4v) is 2.34. The molecule has 0 aliphatic heterocycles. The molecule has 1 aromatic heterocycles. The van der Waals surface area contributed by atoms with Gasteiger partial charge in [0.15, 0.2) is 5.13 Å². The summed E-state index contributed by atoms with van der Waals surface area (Å²) < 4.78 is 13.1. The summed E-state index contributed by atoms with van der Waals surface area (Å²) in [6.07, 6.45) is 0. The molecule has 5 heteroatoms. The molecular formula is C13H13FN2OS. The van der Waals surface area contributed by atoms with Gasteiger partial charge in [-0.2, -0.15) is 0 Å². The van der Waals surface area contributed by atoms with Crippen LogP contribution in [0.15, 0.2) is 18.2 Å². The highest BCUT2D eigenvalue weighted by Crippen LogP contribution is 2.22. The van der Waals surface area contributed by atoms with E-state index in [1.54, 1.807) is 13.0 Å². The van der Waals surface area contributed by atoms with Gasteiger partial charge in [-0.05, 0) is 38.5 Å². The third-order valence-corrected chi connectivity index (χ3v) is 3.68. The first kappa shape index (κ1) is 12.7.